The highest BCUT2D eigenvalue weighted by molar-refractivity contribution is 6.36. The van der Waals surface area contributed by atoms with Crippen LogP contribution >= 0.6 is 92.8 Å². The number of ketones is 3. The van der Waals surface area contributed by atoms with E-state index in [-0.39, 0.29) is 73.3 Å². The fraction of sp³-hybridized carbons (Fsp3) is 0.323. The predicted molar refractivity (Wildman–Crippen MR) is 478 cm³/mol. The number of ether oxygens (including phenoxy) is 1. The minimum atomic E-state index is -0.683. The number of aliphatic imine (C=N–C) groups is 1. The van der Waals surface area contributed by atoms with Gasteiger partial charge in [0.2, 0.25) is 11.8 Å². The monoisotopic (exact) mass is 1770 g/mol. The van der Waals surface area contributed by atoms with Crippen LogP contribution in [0.15, 0.2) is 183 Å². The van der Waals surface area contributed by atoms with Crippen molar-refractivity contribution in [2.45, 2.75) is 168 Å². The van der Waals surface area contributed by atoms with E-state index < -0.39 is 22.4 Å². The van der Waals surface area contributed by atoms with Crippen molar-refractivity contribution in [3.8, 4) is 12.3 Å². The molecular formula is C93H90Cl8N8O11. The third-order valence-electron chi connectivity index (χ3n) is 21.2. The molecule has 0 aliphatic carbocycles. The summed E-state index contributed by atoms with van der Waals surface area (Å²) in [4.78, 5) is 101. The number of halogens is 8. The Balaban J connectivity index is 0.000000157. The number of nitrogens with one attached hydrogen (secondary N) is 3. The maximum absolute atomic E-state index is 12.6. The Morgan fingerprint density at radius 2 is 0.767 bits per heavy atom. The number of aryl methyl sites for hydroxylation is 4. The number of oxime groups is 4. The summed E-state index contributed by atoms with van der Waals surface area (Å²) in [5.41, 5.74) is 14.8. The molecule has 3 N–H and O–H groups in total. The van der Waals surface area contributed by atoms with Crippen molar-refractivity contribution in [3.63, 3.8) is 0 Å². The van der Waals surface area contributed by atoms with E-state index in [9.17, 15) is 28.8 Å². The second kappa shape index (κ2) is 40.3. The Morgan fingerprint density at radius 1 is 0.442 bits per heavy atom. The molecule has 1 saturated heterocycles. The number of Topliss-reactive ketones (excluding diaryl/α,β-unsaturated/α-hetero) is 3. The van der Waals surface area contributed by atoms with Crippen LogP contribution in [0.4, 0.5) is 0 Å². The molecule has 0 aromatic heterocycles. The van der Waals surface area contributed by atoms with Crippen molar-refractivity contribution >= 4 is 157 Å². The quantitative estimate of drug-likeness (QED) is 0.0379. The fourth-order valence-electron chi connectivity index (χ4n) is 14.5. The standard InChI is InChI=1S/C24H22Cl2N2O3.C24H22Cl2N2O2.C23H24Cl2N2O3.C22H22Cl2N2O3/c1-4-9-27-23(30)8-7-22(29)20-6-5-16(10-15(20)2)21-14-24(3,31-28-21)17-11-18(25)13-19(26)12-17;1-15-10-16(5-7-21(15)23(29)8-6-20-4-3-9-27-20)22-14-24(2,30-28-22)17-11-18(25)13-19(26)12-17;1-4-26-22(29)8-7-21(28)19-6-5-15(9-14(19)2)20-13-23(3,30-27-20)16-10-17(24)12-18(25)11-16;1-13-7-14(3-4-19(13)21(27)25-18-5-6-28-12-18)20-11-22(2,29-26-20)15-8-16(23)10-17(24)9-15/h1,5-6,10-13H,7-9,14H2,2-3H3,(H,27,30);4-5,7,9-13H,3,6,8,14H2,1-2H3;5-6,9-12H,4,7-8,13H2,1-3H3,(H,26,29);3-4,7-10,18H,5-6,11-12H2,1-2H3,(H,25,27)/t;;;18-,22?/m...1/s1. The van der Waals surface area contributed by atoms with Gasteiger partial charge in [0.15, 0.2) is 39.8 Å². The van der Waals surface area contributed by atoms with Crippen LogP contribution in [0.5, 0.6) is 0 Å². The minimum absolute atomic E-state index is 0.0479. The Bertz CT molecular complexity index is 5480. The van der Waals surface area contributed by atoms with Gasteiger partial charge >= 0.3 is 0 Å². The number of carbonyl (C=O) groups excluding carboxylic acids is 6. The van der Waals surface area contributed by atoms with Crippen molar-refractivity contribution in [1.82, 2.24) is 16.0 Å². The van der Waals surface area contributed by atoms with Crippen molar-refractivity contribution in [2.24, 2.45) is 25.6 Å². The normalized spacial score (nSPS) is 19.7. The largest absolute Gasteiger partial charge is 0.384 e. The molecule has 1 fully saturated rings. The van der Waals surface area contributed by atoms with E-state index in [1.165, 1.54) is 0 Å². The van der Waals surface area contributed by atoms with Gasteiger partial charge in [0.25, 0.3) is 5.91 Å². The maximum atomic E-state index is 12.6. The summed E-state index contributed by atoms with van der Waals surface area (Å²) in [5, 5.41) is 29.9. The van der Waals surface area contributed by atoms with Crippen LogP contribution in [-0.4, -0.2) is 96.5 Å². The lowest BCUT2D eigenvalue weighted by Gasteiger charge is -2.22. The van der Waals surface area contributed by atoms with Crippen LogP contribution in [0, 0.1) is 40.0 Å². The third-order valence-corrected chi connectivity index (χ3v) is 23.0. The van der Waals surface area contributed by atoms with E-state index in [0.29, 0.717) is 115 Å². The van der Waals surface area contributed by atoms with Crippen LogP contribution in [0.2, 0.25) is 40.2 Å². The first-order chi connectivity index (χ1) is 57.1. The van der Waals surface area contributed by atoms with Gasteiger partial charge in [-0.05, 0) is 223 Å². The van der Waals surface area contributed by atoms with Gasteiger partial charge in [-0.15, -0.1) is 6.42 Å². The average molecular weight is 1780 g/mol. The topological polar surface area (TPSA) is 246 Å². The first-order valence-electron chi connectivity index (χ1n) is 39.1. The van der Waals surface area contributed by atoms with Crippen molar-refractivity contribution in [3.05, 3.63) is 287 Å². The molecule has 0 radical (unpaired) electrons. The molecule has 624 valence electrons. The molecule has 8 aromatic carbocycles. The number of allylic oxidation sites excluding steroid dienone is 2. The highest BCUT2D eigenvalue weighted by Gasteiger charge is 2.42. The smallest absolute Gasteiger partial charge is 0.251 e. The summed E-state index contributed by atoms with van der Waals surface area (Å²) in [6, 6.07) is 44.1. The number of rotatable bonds is 24. The van der Waals surface area contributed by atoms with Crippen LogP contribution in [0.25, 0.3) is 0 Å². The summed E-state index contributed by atoms with van der Waals surface area (Å²) in [5.74, 6) is 1.89. The number of amides is 3. The van der Waals surface area contributed by atoms with E-state index in [0.717, 1.165) is 114 Å². The molecule has 6 heterocycles. The van der Waals surface area contributed by atoms with Crippen LogP contribution < -0.4 is 16.0 Å². The molecule has 0 bridgehead atoms. The number of terminal acetylenes is 1. The van der Waals surface area contributed by atoms with E-state index in [1.54, 1.807) is 36.4 Å². The van der Waals surface area contributed by atoms with E-state index in [1.807, 2.05) is 178 Å². The number of carbonyl (C=O) groups is 6. The summed E-state index contributed by atoms with van der Waals surface area (Å²) in [6.07, 6.45) is 14.7. The SMILES string of the molecule is C#CCNC(=O)CCC(=O)c1ccc(C2=NOC(C)(c3cc(Cl)cc(Cl)c3)C2)cc1C.CCNC(=O)CCC(=O)c1ccc(C2=NOC(C)(c3cc(Cl)cc(Cl)c3)C2)cc1C.Cc1cc(C2=NOC(C)(c3cc(Cl)cc(Cl)c3)C2)ccc1C(=O)CCC1=CCC=N1.Cc1cc(C2=NOC(C)(c3cc(Cl)cc(Cl)c3)C2)ccc1C(=O)N[C@@H]1CCOC1. The Hall–Kier alpha value is -9.69. The number of hydrogen-bond donors (Lipinski definition) is 3. The van der Waals surface area contributed by atoms with Crippen LogP contribution in [-0.2, 0) is 56.1 Å². The number of hydrogen-bond acceptors (Lipinski definition) is 16. The van der Waals surface area contributed by atoms with Crippen molar-refractivity contribution < 1.29 is 52.9 Å². The predicted octanol–water partition coefficient (Wildman–Crippen LogP) is 22.0. The van der Waals surface area contributed by atoms with Gasteiger partial charge in [-0.2, -0.15) is 0 Å². The second-order valence-corrected chi connectivity index (χ2v) is 34.4. The van der Waals surface area contributed by atoms with Gasteiger partial charge < -0.3 is 40.0 Å². The molecule has 27 heteroatoms. The molecule has 6 aliphatic rings. The molecule has 5 atom stereocenters. The highest BCUT2D eigenvalue weighted by atomic mass is 35.5. The number of nitrogens with zero attached hydrogens (tertiary/aromatic N) is 5. The zero-order valence-corrected chi connectivity index (χ0v) is 73.8. The average Bonchev–Trinajstić information content (AvgIpc) is 1.65. The van der Waals surface area contributed by atoms with Crippen LogP contribution in [0.3, 0.4) is 0 Å². The van der Waals surface area contributed by atoms with Gasteiger partial charge in [0.1, 0.15) is 0 Å². The summed E-state index contributed by atoms with van der Waals surface area (Å²) in [6.45, 7) is 19.3. The molecule has 0 spiro atoms. The minimum Gasteiger partial charge on any atom is -0.384 e. The number of benzene rings is 8. The zero-order chi connectivity index (χ0) is 86.4. The fourth-order valence-corrected chi connectivity index (χ4v) is 16.6. The Labute approximate surface area is 738 Å². The summed E-state index contributed by atoms with van der Waals surface area (Å²) >= 11 is 49.2. The lowest BCUT2D eigenvalue weighted by atomic mass is 9.88. The molecule has 3 amide bonds. The molecule has 0 saturated carbocycles. The van der Waals surface area contributed by atoms with Crippen molar-refractivity contribution in [2.75, 3.05) is 26.3 Å². The van der Waals surface area contributed by atoms with Crippen LogP contribution in [0.1, 0.15) is 220 Å². The second-order valence-electron chi connectivity index (χ2n) is 30.9. The van der Waals surface area contributed by atoms with Gasteiger partial charge in [0, 0.05) is 174 Å². The Kier molecular flexibility index (Phi) is 30.6. The summed E-state index contributed by atoms with van der Waals surface area (Å²) < 4.78 is 5.32. The van der Waals surface area contributed by atoms with Gasteiger partial charge in [-0.25, -0.2) is 0 Å². The first kappa shape index (κ1) is 91.1. The van der Waals surface area contributed by atoms with Gasteiger partial charge in [0.05, 0.1) is 42.0 Å². The van der Waals surface area contributed by atoms with Crippen molar-refractivity contribution in [1.29, 1.82) is 0 Å². The van der Waals surface area contributed by atoms with Gasteiger partial charge in [-0.3, -0.25) is 33.8 Å². The molecule has 19 nitrogen and oxygen atoms in total. The maximum Gasteiger partial charge on any atom is 0.251 e. The van der Waals surface area contributed by atoms with E-state index in [2.05, 4.69) is 53.6 Å². The lowest BCUT2D eigenvalue weighted by molar-refractivity contribution is -0.121. The van der Waals surface area contributed by atoms with Gasteiger partial charge in [-0.1, -0.05) is 168 Å². The molecule has 8 aromatic rings. The highest BCUT2D eigenvalue weighted by Crippen LogP contribution is 2.44. The lowest BCUT2D eigenvalue weighted by Crippen LogP contribution is -2.35. The molecule has 4 unspecified atom stereocenters. The zero-order valence-electron chi connectivity index (χ0n) is 67.7. The molecular weight excluding hydrogens is 1690 g/mol. The summed E-state index contributed by atoms with van der Waals surface area (Å²) in [7, 11) is 0. The van der Waals surface area contributed by atoms with E-state index >= 15 is 0 Å². The third kappa shape index (κ3) is 23.5. The Morgan fingerprint density at radius 3 is 1.06 bits per heavy atom. The van der Waals surface area contributed by atoms with E-state index in [4.69, 9.17) is 123 Å². The molecule has 120 heavy (non-hydrogen) atoms. The molecule has 14 rings (SSSR count). The molecule has 6 aliphatic heterocycles. The first-order valence-corrected chi connectivity index (χ1v) is 42.1.